The van der Waals surface area contributed by atoms with Crippen molar-refractivity contribution in [2.75, 3.05) is 26.8 Å². The number of nitrogens with zero attached hydrogens (tertiary/aromatic N) is 1. The van der Waals surface area contributed by atoms with E-state index in [9.17, 15) is 9.90 Å². The molecule has 9 rings (SSSR count). The van der Waals surface area contributed by atoms with E-state index in [1.807, 2.05) is 12.1 Å². The maximum atomic E-state index is 13.1. The highest BCUT2D eigenvalue weighted by atomic mass is 16.7. The van der Waals surface area contributed by atoms with Crippen LogP contribution in [0.1, 0.15) is 92.9 Å². The van der Waals surface area contributed by atoms with Crippen LogP contribution >= 0.6 is 0 Å². The maximum Gasteiger partial charge on any atom is 0.315 e. The van der Waals surface area contributed by atoms with Gasteiger partial charge in [-0.15, -0.1) is 0 Å². The fraction of sp³-hybridized carbons (Fsp3) is 0.558. The molecule has 2 aliphatic heterocycles. The Morgan fingerprint density at radius 1 is 0.902 bits per heavy atom. The molecule has 3 aromatic carbocycles. The van der Waals surface area contributed by atoms with Crippen molar-refractivity contribution in [3.8, 4) is 11.1 Å². The van der Waals surface area contributed by atoms with Crippen LogP contribution in [0.15, 0.2) is 72.8 Å². The van der Waals surface area contributed by atoms with Crippen LogP contribution < -0.4 is 10.6 Å². The molecule has 8 nitrogen and oxygen atoms in total. The number of benzene rings is 3. The number of carbonyl (C=O) groups is 1. The van der Waals surface area contributed by atoms with Crippen LogP contribution in [0.4, 0.5) is 4.79 Å². The van der Waals surface area contributed by atoms with Crippen molar-refractivity contribution in [2.45, 2.75) is 102 Å². The zero-order chi connectivity index (χ0) is 35.0. The van der Waals surface area contributed by atoms with Gasteiger partial charge in [-0.2, -0.15) is 0 Å². The van der Waals surface area contributed by atoms with E-state index in [0.29, 0.717) is 12.6 Å². The summed E-state index contributed by atoms with van der Waals surface area (Å²) in [5.41, 5.74) is 6.29. The lowest BCUT2D eigenvalue weighted by molar-refractivity contribution is -0.276. The van der Waals surface area contributed by atoms with Gasteiger partial charge in [-0.1, -0.05) is 73.7 Å². The number of carbonyl (C=O) groups excluding carboxylic acids is 1. The van der Waals surface area contributed by atoms with Crippen molar-refractivity contribution in [2.24, 2.45) is 23.7 Å². The number of hydrogen-bond donors (Lipinski definition) is 3. The van der Waals surface area contributed by atoms with Gasteiger partial charge in [0, 0.05) is 43.3 Å². The molecule has 0 radical (unpaired) electrons. The number of amides is 2. The zero-order valence-electron chi connectivity index (χ0n) is 30.3. The molecule has 0 aromatic heterocycles. The fourth-order valence-electron chi connectivity index (χ4n) is 10.5. The van der Waals surface area contributed by atoms with Gasteiger partial charge in [0.1, 0.15) is 0 Å². The van der Waals surface area contributed by atoms with Crippen molar-refractivity contribution in [3.63, 3.8) is 0 Å². The van der Waals surface area contributed by atoms with Gasteiger partial charge in [0.2, 0.25) is 0 Å². The largest absolute Gasteiger partial charge is 0.392 e. The first-order valence-electron chi connectivity index (χ1n) is 19.4. The Balaban J connectivity index is 0.939. The fourth-order valence-corrected chi connectivity index (χ4v) is 10.5. The number of hydrogen-bond acceptors (Lipinski definition) is 6. The smallest absolute Gasteiger partial charge is 0.315 e. The highest BCUT2D eigenvalue weighted by molar-refractivity contribution is 5.75. The second-order valence-electron chi connectivity index (χ2n) is 16.4. The summed E-state index contributed by atoms with van der Waals surface area (Å²) < 4.78 is 19.1. The van der Waals surface area contributed by atoms with E-state index in [2.05, 4.69) is 83.1 Å². The Morgan fingerprint density at radius 3 is 2.29 bits per heavy atom. The van der Waals surface area contributed by atoms with Crippen LogP contribution in [-0.2, 0) is 27.4 Å². The van der Waals surface area contributed by atoms with E-state index in [1.165, 1.54) is 25.7 Å². The van der Waals surface area contributed by atoms with Crippen molar-refractivity contribution in [3.05, 3.63) is 95.1 Å². The molecule has 272 valence electrons. The lowest BCUT2D eigenvalue weighted by Crippen LogP contribution is -2.61. The molecule has 4 bridgehead atoms. The van der Waals surface area contributed by atoms with Crippen LogP contribution in [0.25, 0.3) is 11.1 Å². The summed E-state index contributed by atoms with van der Waals surface area (Å²) in [7, 11) is 1.78. The summed E-state index contributed by atoms with van der Waals surface area (Å²) in [6, 6.07) is 25.5. The molecule has 3 N–H and O–H groups in total. The molecule has 6 fully saturated rings. The van der Waals surface area contributed by atoms with E-state index in [1.54, 1.807) is 7.11 Å². The van der Waals surface area contributed by atoms with Crippen LogP contribution in [0.2, 0.25) is 0 Å². The molecule has 2 saturated heterocycles. The third kappa shape index (κ3) is 7.63. The predicted octanol–water partition coefficient (Wildman–Crippen LogP) is 7.52. The highest BCUT2D eigenvalue weighted by Crippen LogP contribution is 2.55. The predicted molar refractivity (Wildman–Crippen MR) is 198 cm³/mol. The number of aliphatic hydroxyl groups is 1. The van der Waals surface area contributed by atoms with Gasteiger partial charge in [0.05, 0.1) is 25.4 Å². The van der Waals surface area contributed by atoms with E-state index >= 15 is 0 Å². The summed E-state index contributed by atoms with van der Waals surface area (Å²) in [5, 5.41) is 16.2. The minimum absolute atomic E-state index is 0.0113. The quantitative estimate of drug-likeness (QED) is 0.193. The summed E-state index contributed by atoms with van der Waals surface area (Å²) >= 11 is 0. The highest BCUT2D eigenvalue weighted by Gasteiger charge is 2.51. The number of methoxy groups -OCH3 is 1. The molecule has 8 heteroatoms. The third-order valence-electron chi connectivity index (χ3n) is 12.7. The second-order valence-corrected chi connectivity index (χ2v) is 16.4. The van der Waals surface area contributed by atoms with Crippen LogP contribution in [-0.4, -0.2) is 60.5 Å². The molecule has 4 aliphatic carbocycles. The molecule has 51 heavy (non-hydrogen) atoms. The van der Waals surface area contributed by atoms with E-state index in [4.69, 9.17) is 14.2 Å². The van der Waals surface area contributed by atoms with Gasteiger partial charge >= 0.3 is 6.03 Å². The first-order chi connectivity index (χ1) is 24.9. The van der Waals surface area contributed by atoms with Crippen LogP contribution in [0, 0.1) is 23.7 Å². The molecule has 5 atom stereocenters. The average molecular weight is 694 g/mol. The van der Waals surface area contributed by atoms with E-state index in [-0.39, 0.29) is 36.3 Å². The Morgan fingerprint density at radius 2 is 1.61 bits per heavy atom. The standard InChI is InChI=1S/C43H55N3O5/c1-28-39(25-46-16-4-7-38(46)27-49-2)50-41(51-40(28)35-10-8-29(26-47)9-11-35)36-14-12-34(13-15-36)37-6-3-5-30(20-37)24-44-42(48)45-43-21-31-17-32(22-43)19-33(18-31)23-43/h3,5-6,8-15,20,28,31-33,38-41,47H,4,7,16-19,21-27H2,1-2H3,(H2,44,45,48)/t28-,31?,32?,33?,38+,39+,40+,41+,43?/m1/s1. The topological polar surface area (TPSA) is 92.3 Å². The van der Waals surface area contributed by atoms with Gasteiger partial charge in [-0.05, 0) is 110 Å². The lowest BCUT2D eigenvalue weighted by Gasteiger charge is -2.56. The minimum atomic E-state index is -0.505. The molecular weight excluding hydrogens is 638 g/mol. The molecule has 4 saturated carbocycles. The average Bonchev–Trinajstić information content (AvgIpc) is 3.57. The molecule has 0 spiro atoms. The van der Waals surface area contributed by atoms with E-state index < -0.39 is 6.29 Å². The molecule has 2 heterocycles. The summed E-state index contributed by atoms with van der Waals surface area (Å²) in [5.74, 6) is 2.54. The van der Waals surface area contributed by atoms with Crippen LogP contribution in [0.5, 0.6) is 0 Å². The summed E-state index contributed by atoms with van der Waals surface area (Å²) in [4.78, 5) is 15.6. The number of aliphatic hydroxyl groups excluding tert-OH is 1. The third-order valence-corrected chi connectivity index (χ3v) is 12.7. The number of rotatable bonds is 11. The number of urea groups is 1. The Hall–Kier alpha value is -3.27. The molecule has 2 amide bonds. The Bertz CT molecular complexity index is 1610. The number of likely N-dealkylation sites (tertiary alicyclic amines) is 1. The number of ether oxygens (including phenoxy) is 3. The zero-order valence-corrected chi connectivity index (χ0v) is 30.3. The normalized spacial score (nSPS) is 33.0. The molecular formula is C43H55N3O5. The van der Waals surface area contributed by atoms with Crippen molar-refractivity contribution in [1.82, 2.24) is 15.5 Å². The second kappa shape index (κ2) is 15.0. The molecule has 6 aliphatic rings. The Kier molecular flexibility index (Phi) is 10.2. The molecule has 3 aromatic rings. The SMILES string of the molecule is COC[C@@H]1CCCN1C[C@@H]1O[C@H](c2ccc(-c3cccc(CNC(=O)NC45CC6CC(CC(C6)C4)C5)c3)cc2)O[C@H](c2ccc(CO)cc2)[C@@H]1C. The maximum absolute atomic E-state index is 13.1. The lowest BCUT2D eigenvalue weighted by atomic mass is 9.53. The van der Waals surface area contributed by atoms with Gasteiger partial charge in [-0.25, -0.2) is 4.79 Å². The minimum Gasteiger partial charge on any atom is -0.392 e. The Labute approximate surface area is 303 Å². The van der Waals surface area contributed by atoms with Crippen molar-refractivity contribution < 1.29 is 24.1 Å². The summed E-state index contributed by atoms with van der Waals surface area (Å²) in [6.07, 6.45) is 9.21. The molecule has 0 unspecified atom stereocenters. The monoisotopic (exact) mass is 693 g/mol. The van der Waals surface area contributed by atoms with E-state index in [0.717, 1.165) is 96.5 Å². The van der Waals surface area contributed by atoms with Gasteiger partial charge < -0.3 is 30.0 Å². The van der Waals surface area contributed by atoms with Gasteiger partial charge in [0.25, 0.3) is 0 Å². The van der Waals surface area contributed by atoms with Crippen LogP contribution in [0.3, 0.4) is 0 Å². The first-order valence-corrected chi connectivity index (χ1v) is 19.4. The number of nitrogens with one attached hydrogen (secondary N) is 2. The van der Waals surface area contributed by atoms with Crippen molar-refractivity contribution >= 4 is 6.03 Å². The van der Waals surface area contributed by atoms with Gasteiger partial charge in [0.15, 0.2) is 6.29 Å². The summed E-state index contributed by atoms with van der Waals surface area (Å²) in [6.45, 7) is 5.37. The van der Waals surface area contributed by atoms with Crippen molar-refractivity contribution in [1.29, 1.82) is 0 Å². The van der Waals surface area contributed by atoms with Gasteiger partial charge in [-0.3, -0.25) is 4.90 Å². The first kappa shape index (κ1) is 34.8.